The fraction of sp³-hybridized carbons (Fsp3) is 0.533. The quantitative estimate of drug-likeness (QED) is 0.856. The SMILES string of the molecule is COc1ccc(CNC(=O)CN2CCC(N)CC2)cc1.Cl. The summed E-state index contributed by atoms with van der Waals surface area (Å²) in [5.41, 5.74) is 6.92. The zero-order valence-corrected chi connectivity index (χ0v) is 13.2. The molecule has 0 aromatic heterocycles. The van der Waals surface area contributed by atoms with E-state index in [2.05, 4.69) is 10.2 Å². The van der Waals surface area contributed by atoms with Gasteiger partial charge in [-0.1, -0.05) is 12.1 Å². The fourth-order valence-electron chi connectivity index (χ4n) is 2.31. The summed E-state index contributed by atoms with van der Waals surface area (Å²) >= 11 is 0. The molecule has 2 rings (SSSR count). The maximum absolute atomic E-state index is 11.9. The van der Waals surface area contributed by atoms with E-state index in [4.69, 9.17) is 10.5 Å². The van der Waals surface area contributed by atoms with E-state index >= 15 is 0 Å². The third-order valence-corrected chi connectivity index (χ3v) is 3.65. The molecule has 1 fully saturated rings. The van der Waals surface area contributed by atoms with Crippen molar-refractivity contribution in [2.24, 2.45) is 5.73 Å². The second-order valence-electron chi connectivity index (χ2n) is 5.24. The Morgan fingerprint density at radius 1 is 1.33 bits per heavy atom. The molecule has 1 aromatic rings. The lowest BCUT2D eigenvalue weighted by Crippen LogP contribution is -2.44. The summed E-state index contributed by atoms with van der Waals surface area (Å²) in [7, 11) is 1.64. The Kier molecular flexibility index (Phi) is 7.50. The van der Waals surface area contributed by atoms with Gasteiger partial charge in [-0.05, 0) is 30.5 Å². The molecule has 0 unspecified atom stereocenters. The van der Waals surface area contributed by atoms with E-state index in [-0.39, 0.29) is 18.3 Å². The van der Waals surface area contributed by atoms with E-state index in [0.29, 0.717) is 19.1 Å². The van der Waals surface area contributed by atoms with E-state index in [1.165, 1.54) is 0 Å². The Morgan fingerprint density at radius 3 is 2.52 bits per heavy atom. The maximum atomic E-state index is 11.9. The van der Waals surface area contributed by atoms with Crippen LogP contribution in [0.2, 0.25) is 0 Å². The summed E-state index contributed by atoms with van der Waals surface area (Å²) < 4.78 is 5.10. The minimum atomic E-state index is 0. The van der Waals surface area contributed by atoms with Gasteiger partial charge in [0.15, 0.2) is 0 Å². The van der Waals surface area contributed by atoms with Crippen molar-refractivity contribution >= 4 is 18.3 Å². The number of hydrogen-bond donors (Lipinski definition) is 2. The number of hydrogen-bond acceptors (Lipinski definition) is 4. The Bertz CT molecular complexity index is 431. The number of nitrogens with one attached hydrogen (secondary N) is 1. The van der Waals surface area contributed by atoms with Gasteiger partial charge in [-0.25, -0.2) is 0 Å². The van der Waals surface area contributed by atoms with Crippen molar-refractivity contribution in [1.82, 2.24) is 10.2 Å². The highest BCUT2D eigenvalue weighted by molar-refractivity contribution is 5.85. The van der Waals surface area contributed by atoms with Crippen LogP contribution in [0, 0.1) is 0 Å². The number of ether oxygens (including phenoxy) is 1. The summed E-state index contributed by atoms with van der Waals surface area (Å²) in [4.78, 5) is 14.0. The van der Waals surface area contributed by atoms with Crippen LogP contribution >= 0.6 is 12.4 Å². The molecule has 6 heteroatoms. The summed E-state index contributed by atoms with van der Waals surface area (Å²) in [6.07, 6.45) is 1.96. The second kappa shape index (κ2) is 8.87. The largest absolute Gasteiger partial charge is 0.497 e. The normalized spacial score (nSPS) is 16.1. The lowest BCUT2D eigenvalue weighted by atomic mass is 10.1. The molecule has 21 heavy (non-hydrogen) atoms. The van der Waals surface area contributed by atoms with Crippen LogP contribution in [0.25, 0.3) is 0 Å². The van der Waals surface area contributed by atoms with Crippen molar-refractivity contribution in [2.45, 2.75) is 25.4 Å². The number of likely N-dealkylation sites (tertiary alicyclic amines) is 1. The van der Waals surface area contributed by atoms with Crippen LogP contribution in [0.5, 0.6) is 5.75 Å². The van der Waals surface area contributed by atoms with E-state index in [1.807, 2.05) is 24.3 Å². The maximum Gasteiger partial charge on any atom is 0.234 e. The van der Waals surface area contributed by atoms with Gasteiger partial charge in [0.1, 0.15) is 5.75 Å². The van der Waals surface area contributed by atoms with Crippen molar-refractivity contribution in [3.8, 4) is 5.75 Å². The molecular formula is C15H24ClN3O2. The highest BCUT2D eigenvalue weighted by Crippen LogP contribution is 2.11. The zero-order chi connectivity index (χ0) is 14.4. The first kappa shape index (κ1) is 17.8. The molecule has 1 aliphatic heterocycles. The molecule has 1 aromatic carbocycles. The van der Waals surface area contributed by atoms with Crippen LogP contribution in [-0.4, -0.2) is 43.6 Å². The van der Waals surface area contributed by atoms with Crippen molar-refractivity contribution in [3.63, 3.8) is 0 Å². The molecule has 0 bridgehead atoms. The van der Waals surface area contributed by atoms with Gasteiger partial charge in [-0.2, -0.15) is 0 Å². The molecule has 3 N–H and O–H groups in total. The highest BCUT2D eigenvalue weighted by Gasteiger charge is 2.17. The molecule has 0 saturated carbocycles. The number of nitrogens with two attached hydrogens (primary N) is 1. The van der Waals surface area contributed by atoms with Crippen LogP contribution in [0.3, 0.4) is 0 Å². The number of carbonyl (C=O) groups excluding carboxylic acids is 1. The Balaban J connectivity index is 0.00000220. The Morgan fingerprint density at radius 2 is 1.95 bits per heavy atom. The molecule has 0 radical (unpaired) electrons. The number of halogens is 1. The zero-order valence-electron chi connectivity index (χ0n) is 12.4. The minimum Gasteiger partial charge on any atom is -0.497 e. The predicted molar refractivity (Wildman–Crippen MR) is 85.7 cm³/mol. The van der Waals surface area contributed by atoms with Gasteiger partial charge < -0.3 is 15.8 Å². The van der Waals surface area contributed by atoms with Gasteiger partial charge in [0.2, 0.25) is 5.91 Å². The average Bonchev–Trinajstić information content (AvgIpc) is 2.48. The second-order valence-corrected chi connectivity index (χ2v) is 5.24. The first-order valence-corrected chi connectivity index (χ1v) is 7.05. The van der Waals surface area contributed by atoms with E-state index in [0.717, 1.165) is 37.2 Å². The van der Waals surface area contributed by atoms with Crippen molar-refractivity contribution in [1.29, 1.82) is 0 Å². The van der Waals surface area contributed by atoms with Crippen LogP contribution in [-0.2, 0) is 11.3 Å². The molecule has 1 heterocycles. The predicted octanol–water partition coefficient (Wildman–Crippen LogP) is 1.16. The van der Waals surface area contributed by atoms with Crippen molar-refractivity contribution < 1.29 is 9.53 Å². The monoisotopic (exact) mass is 313 g/mol. The third-order valence-electron chi connectivity index (χ3n) is 3.65. The number of carbonyl (C=O) groups is 1. The first-order chi connectivity index (χ1) is 9.67. The van der Waals surface area contributed by atoms with Crippen LogP contribution in [0.1, 0.15) is 18.4 Å². The number of nitrogens with zero attached hydrogens (tertiary/aromatic N) is 1. The molecule has 118 valence electrons. The van der Waals surface area contributed by atoms with E-state index in [9.17, 15) is 4.79 Å². The molecule has 1 aliphatic rings. The fourth-order valence-corrected chi connectivity index (χ4v) is 2.31. The average molecular weight is 314 g/mol. The topological polar surface area (TPSA) is 67.6 Å². The number of piperidine rings is 1. The number of benzene rings is 1. The van der Waals surface area contributed by atoms with Crippen LogP contribution < -0.4 is 15.8 Å². The highest BCUT2D eigenvalue weighted by atomic mass is 35.5. The molecule has 1 saturated heterocycles. The number of amides is 1. The van der Waals surface area contributed by atoms with Gasteiger partial charge in [0.25, 0.3) is 0 Å². The van der Waals surface area contributed by atoms with E-state index < -0.39 is 0 Å². The summed E-state index contributed by atoms with van der Waals surface area (Å²) in [5, 5.41) is 2.94. The lowest BCUT2D eigenvalue weighted by Gasteiger charge is -2.29. The number of methoxy groups -OCH3 is 1. The molecule has 0 spiro atoms. The van der Waals surface area contributed by atoms with Crippen LogP contribution in [0.4, 0.5) is 0 Å². The summed E-state index contributed by atoms with van der Waals surface area (Å²) in [6.45, 7) is 2.84. The summed E-state index contributed by atoms with van der Waals surface area (Å²) in [5.74, 6) is 0.890. The molecule has 1 amide bonds. The Labute approximate surface area is 132 Å². The van der Waals surface area contributed by atoms with Gasteiger partial charge in [0, 0.05) is 25.7 Å². The van der Waals surface area contributed by atoms with E-state index in [1.54, 1.807) is 7.11 Å². The van der Waals surface area contributed by atoms with Crippen molar-refractivity contribution in [2.75, 3.05) is 26.7 Å². The number of rotatable bonds is 5. The molecular weight excluding hydrogens is 290 g/mol. The molecule has 0 atom stereocenters. The third kappa shape index (κ3) is 5.91. The summed E-state index contributed by atoms with van der Waals surface area (Å²) in [6, 6.07) is 8.01. The van der Waals surface area contributed by atoms with Gasteiger partial charge >= 0.3 is 0 Å². The van der Waals surface area contributed by atoms with Gasteiger partial charge in [-0.3, -0.25) is 9.69 Å². The van der Waals surface area contributed by atoms with Crippen LogP contribution in [0.15, 0.2) is 24.3 Å². The molecule has 0 aliphatic carbocycles. The minimum absolute atomic E-state index is 0. The molecule has 5 nitrogen and oxygen atoms in total. The Hall–Kier alpha value is -1.30. The van der Waals surface area contributed by atoms with Crippen molar-refractivity contribution in [3.05, 3.63) is 29.8 Å². The van der Waals surface area contributed by atoms with Gasteiger partial charge in [0.05, 0.1) is 13.7 Å². The lowest BCUT2D eigenvalue weighted by molar-refractivity contribution is -0.122. The first-order valence-electron chi connectivity index (χ1n) is 7.05. The van der Waals surface area contributed by atoms with Gasteiger partial charge in [-0.15, -0.1) is 12.4 Å². The standard InChI is InChI=1S/C15H23N3O2.ClH/c1-20-14-4-2-12(3-5-14)10-17-15(19)11-18-8-6-13(16)7-9-18;/h2-5,13H,6-11,16H2,1H3,(H,17,19);1H. The smallest absolute Gasteiger partial charge is 0.234 e.